The SMILES string of the molecule is O=C(Nc1ccc(F)c(F)c1)c1ncccn1. The van der Waals surface area contributed by atoms with Crippen molar-refractivity contribution in [1.29, 1.82) is 0 Å². The molecule has 86 valence electrons. The Labute approximate surface area is 95.3 Å². The first-order valence-corrected chi connectivity index (χ1v) is 4.70. The Bertz CT molecular complexity index is 546. The van der Waals surface area contributed by atoms with Crippen molar-refractivity contribution in [3.8, 4) is 0 Å². The lowest BCUT2D eigenvalue weighted by molar-refractivity contribution is 0.101. The van der Waals surface area contributed by atoms with E-state index in [1.165, 1.54) is 18.5 Å². The molecule has 0 saturated heterocycles. The summed E-state index contributed by atoms with van der Waals surface area (Å²) in [6, 6.07) is 4.63. The molecule has 0 atom stereocenters. The van der Waals surface area contributed by atoms with Crippen LogP contribution < -0.4 is 5.32 Å². The maximum absolute atomic E-state index is 12.9. The van der Waals surface area contributed by atoms with Gasteiger partial charge in [0.2, 0.25) is 5.82 Å². The van der Waals surface area contributed by atoms with Crippen LogP contribution in [0.15, 0.2) is 36.7 Å². The molecule has 0 aliphatic carbocycles. The van der Waals surface area contributed by atoms with E-state index in [-0.39, 0.29) is 11.5 Å². The summed E-state index contributed by atoms with van der Waals surface area (Å²) >= 11 is 0. The van der Waals surface area contributed by atoms with Gasteiger partial charge in [-0.2, -0.15) is 0 Å². The van der Waals surface area contributed by atoms with Crippen molar-refractivity contribution in [3.63, 3.8) is 0 Å². The fourth-order valence-corrected chi connectivity index (χ4v) is 1.18. The molecular weight excluding hydrogens is 228 g/mol. The molecule has 0 aliphatic heterocycles. The number of nitrogens with zero attached hydrogens (tertiary/aromatic N) is 2. The van der Waals surface area contributed by atoms with Crippen LogP contribution in [-0.4, -0.2) is 15.9 Å². The van der Waals surface area contributed by atoms with Crippen molar-refractivity contribution in [2.45, 2.75) is 0 Å². The number of hydrogen-bond donors (Lipinski definition) is 1. The fraction of sp³-hybridized carbons (Fsp3) is 0. The molecule has 0 radical (unpaired) electrons. The van der Waals surface area contributed by atoms with Crippen molar-refractivity contribution < 1.29 is 13.6 Å². The Hall–Kier alpha value is -2.37. The third kappa shape index (κ3) is 2.60. The van der Waals surface area contributed by atoms with Gasteiger partial charge in [-0.1, -0.05) is 0 Å². The summed E-state index contributed by atoms with van der Waals surface area (Å²) < 4.78 is 25.5. The van der Waals surface area contributed by atoms with Gasteiger partial charge in [0.15, 0.2) is 11.6 Å². The summed E-state index contributed by atoms with van der Waals surface area (Å²) in [5.74, 6) is -2.63. The van der Waals surface area contributed by atoms with Crippen LogP contribution in [0.1, 0.15) is 10.6 Å². The van der Waals surface area contributed by atoms with Gasteiger partial charge in [0.1, 0.15) is 0 Å². The highest BCUT2D eigenvalue weighted by atomic mass is 19.2. The molecule has 2 rings (SSSR count). The molecule has 0 bridgehead atoms. The molecule has 17 heavy (non-hydrogen) atoms. The van der Waals surface area contributed by atoms with Gasteiger partial charge in [0, 0.05) is 24.1 Å². The average Bonchev–Trinajstić information content (AvgIpc) is 2.35. The number of benzene rings is 1. The number of rotatable bonds is 2. The lowest BCUT2D eigenvalue weighted by atomic mass is 10.3. The predicted molar refractivity (Wildman–Crippen MR) is 56.3 cm³/mol. The molecule has 1 heterocycles. The molecule has 2 aromatic rings. The predicted octanol–water partition coefficient (Wildman–Crippen LogP) is 2.01. The summed E-state index contributed by atoms with van der Waals surface area (Å²) in [4.78, 5) is 19.0. The topological polar surface area (TPSA) is 54.9 Å². The van der Waals surface area contributed by atoms with Gasteiger partial charge in [0.05, 0.1) is 0 Å². The summed E-state index contributed by atoms with van der Waals surface area (Å²) in [5.41, 5.74) is 0.140. The number of halogens is 2. The molecule has 0 spiro atoms. The summed E-state index contributed by atoms with van der Waals surface area (Å²) in [6.45, 7) is 0. The van der Waals surface area contributed by atoms with Gasteiger partial charge >= 0.3 is 0 Å². The van der Waals surface area contributed by atoms with E-state index in [0.29, 0.717) is 0 Å². The van der Waals surface area contributed by atoms with Gasteiger partial charge in [0.25, 0.3) is 5.91 Å². The van der Waals surface area contributed by atoms with Crippen LogP contribution >= 0.6 is 0 Å². The van der Waals surface area contributed by atoms with Crippen LogP contribution in [0, 0.1) is 11.6 Å². The van der Waals surface area contributed by atoms with Crippen LogP contribution in [-0.2, 0) is 0 Å². The second-order valence-electron chi connectivity index (χ2n) is 3.16. The highest BCUT2D eigenvalue weighted by Gasteiger charge is 2.09. The minimum atomic E-state index is -1.03. The van der Waals surface area contributed by atoms with E-state index in [9.17, 15) is 13.6 Å². The van der Waals surface area contributed by atoms with E-state index >= 15 is 0 Å². The molecule has 6 heteroatoms. The molecule has 4 nitrogen and oxygen atoms in total. The zero-order valence-corrected chi connectivity index (χ0v) is 8.52. The zero-order chi connectivity index (χ0) is 12.3. The Kier molecular flexibility index (Phi) is 3.04. The largest absolute Gasteiger partial charge is 0.319 e. The highest BCUT2D eigenvalue weighted by molar-refractivity contribution is 6.01. The van der Waals surface area contributed by atoms with Gasteiger partial charge in [-0.15, -0.1) is 0 Å². The number of amides is 1. The first kappa shape index (κ1) is 11.1. The first-order chi connectivity index (χ1) is 8.16. The van der Waals surface area contributed by atoms with Gasteiger partial charge in [-0.3, -0.25) is 4.79 Å². The molecule has 1 amide bonds. The maximum atomic E-state index is 12.9. The summed E-state index contributed by atoms with van der Waals surface area (Å²) in [6.07, 6.45) is 2.82. The van der Waals surface area contributed by atoms with E-state index in [1.54, 1.807) is 6.07 Å². The fourth-order valence-electron chi connectivity index (χ4n) is 1.18. The zero-order valence-electron chi connectivity index (χ0n) is 8.52. The van der Waals surface area contributed by atoms with Crippen molar-refractivity contribution in [2.24, 2.45) is 0 Å². The average molecular weight is 235 g/mol. The molecular formula is C11H7F2N3O. The van der Waals surface area contributed by atoms with Crippen molar-refractivity contribution in [3.05, 3.63) is 54.1 Å². The third-order valence-electron chi connectivity index (χ3n) is 1.95. The number of carbonyl (C=O) groups is 1. The van der Waals surface area contributed by atoms with E-state index in [0.717, 1.165) is 12.1 Å². The number of hydrogen-bond acceptors (Lipinski definition) is 3. The van der Waals surface area contributed by atoms with E-state index in [4.69, 9.17) is 0 Å². The second kappa shape index (κ2) is 4.65. The summed E-state index contributed by atoms with van der Waals surface area (Å²) in [5, 5.41) is 2.36. The van der Waals surface area contributed by atoms with E-state index in [2.05, 4.69) is 15.3 Å². The molecule has 0 unspecified atom stereocenters. The Morgan fingerprint density at radius 2 is 1.82 bits per heavy atom. The molecule has 1 N–H and O–H groups in total. The minimum Gasteiger partial charge on any atom is -0.319 e. The quantitative estimate of drug-likeness (QED) is 0.866. The lowest BCUT2D eigenvalue weighted by Gasteiger charge is -2.03. The van der Waals surface area contributed by atoms with E-state index < -0.39 is 17.5 Å². The Balaban J connectivity index is 2.16. The van der Waals surface area contributed by atoms with Crippen LogP contribution in [0.2, 0.25) is 0 Å². The van der Waals surface area contributed by atoms with Crippen LogP contribution in [0.5, 0.6) is 0 Å². The number of anilines is 1. The van der Waals surface area contributed by atoms with Gasteiger partial charge < -0.3 is 5.32 Å². The third-order valence-corrected chi connectivity index (χ3v) is 1.95. The molecule has 1 aromatic carbocycles. The minimum absolute atomic E-state index is 0.0442. The van der Waals surface area contributed by atoms with Crippen LogP contribution in [0.4, 0.5) is 14.5 Å². The number of carbonyl (C=O) groups excluding carboxylic acids is 1. The van der Waals surface area contributed by atoms with Crippen LogP contribution in [0.25, 0.3) is 0 Å². The van der Waals surface area contributed by atoms with Gasteiger partial charge in [-0.25, -0.2) is 18.7 Å². The molecule has 1 aromatic heterocycles. The van der Waals surface area contributed by atoms with Crippen molar-refractivity contribution in [2.75, 3.05) is 5.32 Å². The van der Waals surface area contributed by atoms with Crippen molar-refractivity contribution >= 4 is 11.6 Å². The lowest BCUT2D eigenvalue weighted by Crippen LogP contribution is -2.15. The second-order valence-corrected chi connectivity index (χ2v) is 3.16. The standard InChI is InChI=1S/C11H7F2N3O/c12-8-3-2-7(6-9(8)13)16-11(17)10-14-4-1-5-15-10/h1-6H,(H,16,17). The first-order valence-electron chi connectivity index (χ1n) is 4.70. The van der Waals surface area contributed by atoms with E-state index in [1.807, 2.05) is 0 Å². The smallest absolute Gasteiger partial charge is 0.293 e. The Morgan fingerprint density at radius 1 is 1.12 bits per heavy atom. The van der Waals surface area contributed by atoms with Gasteiger partial charge in [-0.05, 0) is 18.2 Å². The maximum Gasteiger partial charge on any atom is 0.293 e. The number of nitrogens with one attached hydrogen (secondary N) is 1. The number of aromatic nitrogens is 2. The van der Waals surface area contributed by atoms with Crippen molar-refractivity contribution in [1.82, 2.24) is 9.97 Å². The monoisotopic (exact) mass is 235 g/mol. The Morgan fingerprint density at radius 3 is 2.47 bits per heavy atom. The molecule has 0 aliphatic rings. The molecule has 0 fully saturated rings. The highest BCUT2D eigenvalue weighted by Crippen LogP contribution is 2.13. The van der Waals surface area contributed by atoms with Crippen LogP contribution in [0.3, 0.4) is 0 Å². The normalized spacial score (nSPS) is 10.0. The summed E-state index contributed by atoms with van der Waals surface area (Å²) in [7, 11) is 0. The molecule has 0 saturated carbocycles.